The van der Waals surface area contributed by atoms with Crippen LogP contribution in [0, 0.1) is 23.2 Å². The molecular weight excluding hydrogens is 496 g/mol. The number of ether oxygens (including phenoxy) is 2. The predicted octanol–water partition coefficient (Wildman–Crippen LogP) is 4.23. The number of aryl methyl sites for hydroxylation is 1. The summed E-state index contributed by atoms with van der Waals surface area (Å²) in [5.41, 5.74) is 3.96. The van der Waals surface area contributed by atoms with Gasteiger partial charge in [-0.25, -0.2) is 14.8 Å². The van der Waals surface area contributed by atoms with Crippen molar-refractivity contribution in [3.05, 3.63) is 46.3 Å². The summed E-state index contributed by atoms with van der Waals surface area (Å²) in [7, 11) is 3.28. The molecule has 1 N–H and O–H groups in total. The van der Waals surface area contributed by atoms with Gasteiger partial charge in [0.05, 0.1) is 17.4 Å². The fourth-order valence-electron chi connectivity index (χ4n) is 5.33. The van der Waals surface area contributed by atoms with Crippen molar-refractivity contribution < 1.29 is 19.1 Å². The van der Waals surface area contributed by atoms with Gasteiger partial charge in [0.2, 0.25) is 5.91 Å². The normalized spacial score (nSPS) is 18.5. The third-order valence-electron chi connectivity index (χ3n) is 7.55. The molecule has 1 saturated heterocycles. The van der Waals surface area contributed by atoms with Crippen molar-refractivity contribution in [3.63, 3.8) is 0 Å². The maximum absolute atomic E-state index is 13.5. The van der Waals surface area contributed by atoms with E-state index in [0.717, 1.165) is 48.2 Å². The summed E-state index contributed by atoms with van der Waals surface area (Å²) in [6.45, 7) is 8.24. The fourth-order valence-corrected chi connectivity index (χ4v) is 5.33. The van der Waals surface area contributed by atoms with Crippen molar-refractivity contribution in [2.45, 2.75) is 59.1 Å². The van der Waals surface area contributed by atoms with Crippen LogP contribution in [0.3, 0.4) is 0 Å². The highest BCUT2D eigenvalue weighted by Gasteiger charge is 2.31. The van der Waals surface area contributed by atoms with Crippen LogP contribution in [-0.2, 0) is 33.7 Å². The molecule has 0 saturated carbocycles. The van der Waals surface area contributed by atoms with E-state index < -0.39 is 0 Å². The molecule has 10 nitrogen and oxygen atoms in total. The molecule has 2 aliphatic rings. The van der Waals surface area contributed by atoms with Gasteiger partial charge in [0.1, 0.15) is 17.7 Å². The lowest BCUT2D eigenvalue weighted by molar-refractivity contribution is -0.131. The first-order chi connectivity index (χ1) is 18.7. The minimum atomic E-state index is -0.330. The molecule has 4 heterocycles. The Bertz CT molecular complexity index is 1260. The largest absolute Gasteiger partial charge is 0.384 e. The predicted molar refractivity (Wildman–Crippen MR) is 147 cm³/mol. The first-order valence-electron chi connectivity index (χ1n) is 13.6. The summed E-state index contributed by atoms with van der Waals surface area (Å²) in [6, 6.07) is 5.70. The number of hydrogen-bond acceptors (Lipinski definition) is 7. The van der Waals surface area contributed by atoms with Crippen molar-refractivity contribution in [3.8, 4) is 6.07 Å². The summed E-state index contributed by atoms with van der Waals surface area (Å²) < 4.78 is 10.9. The molecular formula is C29H38N6O4. The lowest BCUT2D eigenvalue weighted by Crippen LogP contribution is -2.40. The standard InChI is InChI=1S/C29H38N6O4/c1-18(17-38-4)11-22-13-25(31-15-24(22)14-30)32-29(37)35-9-6-7-21-12-23(16-34-10-8-19(2)28(34)36)26(20(3)39-5)33-27(21)35/h12-13,15,18-20H,6-11,16-17H2,1-5H3,(H,31,32,37)/t18-,19+,20?/m0/s1. The van der Waals surface area contributed by atoms with E-state index in [1.807, 2.05) is 25.7 Å². The third-order valence-corrected chi connectivity index (χ3v) is 7.55. The first kappa shape index (κ1) is 28.5. The Morgan fingerprint density at radius 3 is 2.72 bits per heavy atom. The Labute approximate surface area is 230 Å². The van der Waals surface area contributed by atoms with Gasteiger partial charge in [-0.2, -0.15) is 5.26 Å². The number of methoxy groups -OCH3 is 2. The minimum absolute atomic E-state index is 0.0395. The van der Waals surface area contributed by atoms with Gasteiger partial charge in [0.25, 0.3) is 0 Å². The number of nitrogens with zero attached hydrogens (tertiary/aromatic N) is 5. The molecule has 1 fully saturated rings. The lowest BCUT2D eigenvalue weighted by atomic mass is 9.99. The van der Waals surface area contributed by atoms with Gasteiger partial charge in [0.15, 0.2) is 0 Å². The number of likely N-dealkylation sites (tertiary alicyclic amines) is 1. The molecule has 1 unspecified atom stereocenters. The van der Waals surface area contributed by atoms with Gasteiger partial charge in [0, 0.05) is 52.6 Å². The van der Waals surface area contributed by atoms with E-state index in [9.17, 15) is 14.9 Å². The molecule has 2 aromatic rings. The van der Waals surface area contributed by atoms with Crippen LogP contribution in [0.4, 0.5) is 16.4 Å². The smallest absolute Gasteiger partial charge is 0.328 e. The Morgan fingerprint density at radius 1 is 1.26 bits per heavy atom. The number of urea groups is 1. The van der Waals surface area contributed by atoms with E-state index in [2.05, 4.69) is 22.4 Å². The van der Waals surface area contributed by atoms with E-state index >= 15 is 0 Å². The monoisotopic (exact) mass is 534 g/mol. The number of carbonyl (C=O) groups is 2. The molecule has 4 rings (SSSR count). The van der Waals surface area contributed by atoms with E-state index in [1.165, 1.54) is 6.20 Å². The highest BCUT2D eigenvalue weighted by molar-refractivity contribution is 6.01. The van der Waals surface area contributed by atoms with E-state index in [4.69, 9.17) is 14.5 Å². The zero-order valence-corrected chi connectivity index (χ0v) is 23.5. The van der Waals surface area contributed by atoms with Crippen LogP contribution in [-0.4, -0.2) is 60.7 Å². The highest BCUT2D eigenvalue weighted by Crippen LogP contribution is 2.32. The molecule has 0 aromatic carbocycles. The summed E-state index contributed by atoms with van der Waals surface area (Å²) in [4.78, 5) is 38.9. The first-order valence-corrected chi connectivity index (χ1v) is 13.6. The number of rotatable bonds is 9. The van der Waals surface area contributed by atoms with Crippen LogP contribution in [0.2, 0.25) is 0 Å². The van der Waals surface area contributed by atoms with Crippen molar-refractivity contribution in [2.24, 2.45) is 11.8 Å². The van der Waals surface area contributed by atoms with Gasteiger partial charge in [-0.1, -0.05) is 13.8 Å². The Morgan fingerprint density at radius 2 is 2.05 bits per heavy atom. The molecule has 10 heteroatoms. The average molecular weight is 535 g/mol. The maximum Gasteiger partial charge on any atom is 0.328 e. The maximum atomic E-state index is 13.5. The van der Waals surface area contributed by atoms with Crippen molar-refractivity contribution in [2.75, 3.05) is 44.1 Å². The second-order valence-corrected chi connectivity index (χ2v) is 10.6. The van der Waals surface area contributed by atoms with Gasteiger partial charge in [-0.3, -0.25) is 15.0 Å². The molecule has 0 spiro atoms. The van der Waals surface area contributed by atoms with E-state index in [1.54, 1.807) is 25.2 Å². The second kappa shape index (κ2) is 12.5. The zero-order chi connectivity index (χ0) is 28.1. The zero-order valence-electron chi connectivity index (χ0n) is 23.5. The van der Waals surface area contributed by atoms with Crippen molar-refractivity contribution in [1.82, 2.24) is 14.9 Å². The molecule has 208 valence electrons. The third kappa shape index (κ3) is 6.37. The van der Waals surface area contributed by atoms with Crippen molar-refractivity contribution in [1.29, 1.82) is 5.26 Å². The average Bonchev–Trinajstić information content (AvgIpc) is 3.24. The molecule has 2 aliphatic heterocycles. The second-order valence-electron chi connectivity index (χ2n) is 10.6. The lowest BCUT2D eigenvalue weighted by Gasteiger charge is -2.31. The Hall–Kier alpha value is -3.55. The van der Waals surface area contributed by atoms with Crippen LogP contribution >= 0.6 is 0 Å². The number of carbonyl (C=O) groups excluding carboxylic acids is 2. The van der Waals surface area contributed by atoms with Gasteiger partial charge in [-0.05, 0) is 67.3 Å². The number of nitrogens with one attached hydrogen (secondary N) is 1. The Kier molecular flexibility index (Phi) is 9.15. The summed E-state index contributed by atoms with van der Waals surface area (Å²) in [6.07, 6.45) is 4.27. The number of pyridine rings is 2. The molecule has 0 bridgehead atoms. The molecule has 0 aliphatic carbocycles. The molecule has 0 radical (unpaired) electrons. The van der Waals surface area contributed by atoms with Gasteiger partial charge >= 0.3 is 6.03 Å². The minimum Gasteiger partial charge on any atom is -0.384 e. The Balaban J connectivity index is 1.59. The van der Waals surface area contributed by atoms with E-state index in [0.29, 0.717) is 43.3 Å². The van der Waals surface area contributed by atoms with Crippen LogP contribution in [0.25, 0.3) is 0 Å². The number of fused-ring (bicyclic) bond motifs is 1. The van der Waals surface area contributed by atoms with Crippen LogP contribution in [0.15, 0.2) is 18.3 Å². The summed E-state index contributed by atoms with van der Waals surface area (Å²) in [5, 5.41) is 12.4. The number of hydrogen-bond donors (Lipinski definition) is 1. The fraction of sp³-hybridized carbons (Fsp3) is 0.552. The number of anilines is 2. The highest BCUT2D eigenvalue weighted by atomic mass is 16.5. The number of nitriles is 1. The van der Waals surface area contributed by atoms with E-state index in [-0.39, 0.29) is 29.9 Å². The SMILES string of the molecule is COC[C@@H](C)Cc1cc(NC(=O)N2CCCc3cc(CN4CC[C@@H](C)C4=O)c(C(C)OC)nc32)ncc1C#N. The van der Waals surface area contributed by atoms with Crippen LogP contribution < -0.4 is 10.2 Å². The summed E-state index contributed by atoms with van der Waals surface area (Å²) >= 11 is 0. The van der Waals surface area contributed by atoms with Crippen LogP contribution in [0.5, 0.6) is 0 Å². The quantitative estimate of drug-likeness (QED) is 0.511. The van der Waals surface area contributed by atoms with Crippen LogP contribution in [0.1, 0.15) is 67.7 Å². The molecule has 3 atom stereocenters. The summed E-state index contributed by atoms with van der Waals surface area (Å²) in [5.74, 6) is 1.40. The molecule has 3 amide bonds. The van der Waals surface area contributed by atoms with Crippen molar-refractivity contribution >= 4 is 23.6 Å². The topological polar surface area (TPSA) is 121 Å². The number of amides is 3. The molecule has 39 heavy (non-hydrogen) atoms. The number of aromatic nitrogens is 2. The molecule has 2 aromatic heterocycles. The van der Waals surface area contributed by atoms with Gasteiger partial charge < -0.3 is 14.4 Å². The van der Waals surface area contributed by atoms with Gasteiger partial charge in [-0.15, -0.1) is 0 Å².